The number of alkyl halides is 5. The highest BCUT2D eigenvalue weighted by Gasteiger charge is 2.38. The predicted octanol–water partition coefficient (Wildman–Crippen LogP) is 3.82. The number of amides is 1. The average Bonchev–Trinajstić information content (AvgIpc) is 3.34. The summed E-state index contributed by atoms with van der Waals surface area (Å²) < 4.78 is 66.5. The standard InChI is InChI=1S/C26H27F5N6O2/c27-25(28)7-10-36(11-8-25)21(16-12-33-24(34-13-16)26(29,30)31)14-32-23(39)19-2-1-3-20-18(19)4-5-22(35-20)37-9-6-17(38)15-37/h1-5,12-13,17,21,38H,6-11,14-15H2,(H,32,39). The number of aliphatic hydroxyl groups excluding tert-OH is 1. The number of carbonyl (C=O) groups is 1. The van der Waals surface area contributed by atoms with E-state index in [0.29, 0.717) is 41.8 Å². The van der Waals surface area contributed by atoms with E-state index in [1.807, 2.05) is 4.90 Å². The molecule has 2 aliphatic rings. The third kappa shape index (κ3) is 6.09. The maximum atomic E-state index is 13.8. The van der Waals surface area contributed by atoms with E-state index >= 15 is 0 Å². The zero-order valence-electron chi connectivity index (χ0n) is 20.8. The molecule has 2 aromatic heterocycles. The SMILES string of the molecule is O=C(NCC(c1cnc(C(F)(F)F)nc1)N1CCC(F)(F)CC1)c1cccc2nc(N3CCC(O)C3)ccc12. The Bertz CT molecular complexity index is 1330. The smallest absolute Gasteiger partial charge is 0.391 e. The molecule has 0 spiro atoms. The van der Waals surface area contributed by atoms with Crippen molar-refractivity contribution in [2.75, 3.05) is 37.6 Å². The van der Waals surface area contributed by atoms with Crippen LogP contribution >= 0.6 is 0 Å². The number of likely N-dealkylation sites (tertiary alicyclic amines) is 1. The van der Waals surface area contributed by atoms with Crippen molar-refractivity contribution in [1.29, 1.82) is 0 Å². The number of β-amino-alcohol motifs (C(OH)–C–C–N with tert-alkyl or cyclic N) is 1. The largest absolute Gasteiger partial charge is 0.451 e. The predicted molar refractivity (Wildman–Crippen MR) is 132 cm³/mol. The molecule has 2 unspecified atom stereocenters. The van der Waals surface area contributed by atoms with E-state index in [9.17, 15) is 31.9 Å². The lowest BCUT2D eigenvalue weighted by atomic mass is 10.0. The lowest BCUT2D eigenvalue weighted by Gasteiger charge is -2.37. The minimum atomic E-state index is -4.72. The summed E-state index contributed by atoms with van der Waals surface area (Å²) >= 11 is 0. The number of halogens is 5. The van der Waals surface area contributed by atoms with Gasteiger partial charge in [0, 0.05) is 74.5 Å². The lowest BCUT2D eigenvalue weighted by Crippen LogP contribution is -2.45. The van der Waals surface area contributed by atoms with Gasteiger partial charge < -0.3 is 15.3 Å². The van der Waals surface area contributed by atoms with Crippen molar-refractivity contribution in [1.82, 2.24) is 25.2 Å². The first-order valence-corrected chi connectivity index (χ1v) is 12.6. The Morgan fingerprint density at radius 1 is 1.10 bits per heavy atom. The number of aromatic nitrogens is 3. The minimum Gasteiger partial charge on any atom is -0.391 e. The number of hydrogen-bond acceptors (Lipinski definition) is 7. The maximum Gasteiger partial charge on any atom is 0.451 e. The molecule has 208 valence electrons. The summed E-state index contributed by atoms with van der Waals surface area (Å²) in [5, 5.41) is 13.2. The third-order valence-electron chi connectivity index (χ3n) is 7.19. The molecule has 0 saturated carbocycles. The normalized spacial score (nSPS) is 20.8. The second kappa shape index (κ2) is 10.6. The number of hydrogen-bond donors (Lipinski definition) is 2. The molecule has 2 fully saturated rings. The summed E-state index contributed by atoms with van der Waals surface area (Å²) in [6, 6.07) is 7.97. The van der Waals surface area contributed by atoms with Gasteiger partial charge in [-0.05, 0) is 30.7 Å². The molecule has 2 N–H and O–H groups in total. The van der Waals surface area contributed by atoms with Gasteiger partial charge in [-0.3, -0.25) is 9.69 Å². The number of anilines is 1. The zero-order valence-corrected chi connectivity index (χ0v) is 20.8. The van der Waals surface area contributed by atoms with E-state index in [0.717, 1.165) is 12.4 Å². The monoisotopic (exact) mass is 550 g/mol. The van der Waals surface area contributed by atoms with Gasteiger partial charge in [0.15, 0.2) is 0 Å². The minimum absolute atomic E-state index is 0.000715. The number of fused-ring (bicyclic) bond motifs is 1. The van der Waals surface area contributed by atoms with E-state index < -0.39 is 48.8 Å². The molecule has 13 heteroatoms. The van der Waals surface area contributed by atoms with Crippen LogP contribution in [-0.4, -0.2) is 75.6 Å². The molecule has 0 bridgehead atoms. The summed E-state index contributed by atoms with van der Waals surface area (Å²) in [7, 11) is 0. The van der Waals surface area contributed by atoms with Crippen LogP contribution in [0.25, 0.3) is 10.9 Å². The van der Waals surface area contributed by atoms with Crippen LogP contribution in [0, 0.1) is 0 Å². The first kappa shape index (κ1) is 27.1. The first-order chi connectivity index (χ1) is 18.5. The third-order valence-corrected chi connectivity index (χ3v) is 7.19. The molecule has 2 saturated heterocycles. The first-order valence-electron chi connectivity index (χ1n) is 12.6. The fourth-order valence-corrected chi connectivity index (χ4v) is 5.03. The van der Waals surface area contributed by atoms with Crippen molar-refractivity contribution in [3.8, 4) is 0 Å². The van der Waals surface area contributed by atoms with Gasteiger partial charge in [-0.1, -0.05) is 6.07 Å². The number of nitrogens with one attached hydrogen (secondary N) is 1. The van der Waals surface area contributed by atoms with Crippen LogP contribution in [0.1, 0.15) is 47.1 Å². The highest BCUT2D eigenvalue weighted by atomic mass is 19.4. The summed E-state index contributed by atoms with van der Waals surface area (Å²) in [6.07, 6.45) is -3.22. The summed E-state index contributed by atoms with van der Waals surface area (Å²) in [5.74, 6) is -3.86. The lowest BCUT2D eigenvalue weighted by molar-refractivity contribution is -0.145. The van der Waals surface area contributed by atoms with Crippen molar-refractivity contribution in [3.63, 3.8) is 0 Å². The van der Waals surface area contributed by atoms with Crippen LogP contribution in [0.3, 0.4) is 0 Å². The van der Waals surface area contributed by atoms with Gasteiger partial charge in [-0.15, -0.1) is 0 Å². The molecule has 39 heavy (non-hydrogen) atoms. The van der Waals surface area contributed by atoms with Crippen molar-refractivity contribution in [2.45, 2.75) is 43.5 Å². The number of aliphatic hydroxyl groups is 1. The Labute approximate surface area is 220 Å². The van der Waals surface area contributed by atoms with Crippen molar-refractivity contribution in [3.05, 3.63) is 59.7 Å². The Balaban J connectivity index is 1.35. The van der Waals surface area contributed by atoms with Crippen molar-refractivity contribution < 1.29 is 31.9 Å². The van der Waals surface area contributed by atoms with E-state index in [4.69, 9.17) is 0 Å². The van der Waals surface area contributed by atoms with Crippen LogP contribution in [0.15, 0.2) is 42.7 Å². The molecule has 0 radical (unpaired) electrons. The van der Waals surface area contributed by atoms with Gasteiger partial charge in [-0.2, -0.15) is 13.2 Å². The van der Waals surface area contributed by atoms with Gasteiger partial charge in [0.2, 0.25) is 5.82 Å². The molecule has 0 aliphatic carbocycles. The molecule has 2 aliphatic heterocycles. The summed E-state index contributed by atoms with van der Waals surface area (Å²) in [6.45, 7) is 1.11. The zero-order chi connectivity index (χ0) is 27.8. The van der Waals surface area contributed by atoms with Crippen molar-refractivity contribution >= 4 is 22.6 Å². The molecular formula is C26H27F5N6O2. The fourth-order valence-electron chi connectivity index (χ4n) is 5.03. The Kier molecular flexibility index (Phi) is 7.38. The molecule has 5 rings (SSSR count). The topological polar surface area (TPSA) is 94.5 Å². The molecule has 1 amide bonds. The number of nitrogens with zero attached hydrogens (tertiary/aromatic N) is 5. The van der Waals surface area contributed by atoms with Crippen LogP contribution in [0.2, 0.25) is 0 Å². The highest BCUT2D eigenvalue weighted by molar-refractivity contribution is 6.06. The number of rotatable bonds is 6. The average molecular weight is 551 g/mol. The van der Waals surface area contributed by atoms with E-state index in [-0.39, 0.29) is 25.2 Å². The van der Waals surface area contributed by atoms with Gasteiger partial charge in [0.1, 0.15) is 5.82 Å². The van der Waals surface area contributed by atoms with E-state index in [1.165, 1.54) is 0 Å². The van der Waals surface area contributed by atoms with Gasteiger partial charge in [-0.25, -0.2) is 23.7 Å². The van der Waals surface area contributed by atoms with Crippen LogP contribution in [-0.2, 0) is 6.18 Å². The Hall–Kier alpha value is -3.45. The molecule has 1 aromatic carbocycles. The molecule has 8 nitrogen and oxygen atoms in total. The van der Waals surface area contributed by atoms with Gasteiger partial charge >= 0.3 is 6.18 Å². The number of piperidine rings is 1. The van der Waals surface area contributed by atoms with Crippen LogP contribution in [0.5, 0.6) is 0 Å². The Morgan fingerprint density at radius 2 is 1.82 bits per heavy atom. The van der Waals surface area contributed by atoms with E-state index in [2.05, 4.69) is 20.3 Å². The number of pyridine rings is 1. The Morgan fingerprint density at radius 3 is 2.46 bits per heavy atom. The molecule has 4 heterocycles. The van der Waals surface area contributed by atoms with Gasteiger partial charge in [0.25, 0.3) is 11.8 Å². The summed E-state index contributed by atoms with van der Waals surface area (Å²) in [5.41, 5.74) is 1.22. The second-order valence-electron chi connectivity index (χ2n) is 9.89. The maximum absolute atomic E-state index is 13.8. The quantitative estimate of drug-likeness (QED) is 0.451. The number of carbonyl (C=O) groups excluding carboxylic acids is 1. The van der Waals surface area contributed by atoms with E-state index in [1.54, 1.807) is 35.2 Å². The fraction of sp³-hybridized carbons (Fsp3) is 0.462. The van der Waals surface area contributed by atoms with Crippen LogP contribution in [0.4, 0.5) is 27.8 Å². The molecule has 2 atom stereocenters. The van der Waals surface area contributed by atoms with Crippen molar-refractivity contribution in [2.24, 2.45) is 0 Å². The summed E-state index contributed by atoms with van der Waals surface area (Å²) in [4.78, 5) is 28.4. The van der Waals surface area contributed by atoms with Crippen LogP contribution < -0.4 is 10.2 Å². The second-order valence-corrected chi connectivity index (χ2v) is 9.89. The molecular weight excluding hydrogens is 523 g/mol. The highest BCUT2D eigenvalue weighted by Crippen LogP contribution is 2.33. The molecule has 3 aromatic rings. The number of benzene rings is 1. The van der Waals surface area contributed by atoms with Gasteiger partial charge in [0.05, 0.1) is 17.7 Å².